The summed E-state index contributed by atoms with van der Waals surface area (Å²) in [7, 11) is 0. The Kier molecular flexibility index (Phi) is 2.26. The highest BCUT2D eigenvalue weighted by Crippen LogP contribution is 2.46. The maximum absolute atomic E-state index is 9.35. The maximum Gasteiger partial charge on any atom is 0.137 e. The SMILES string of the molecule is OCC1(c2nccc(-c3cccs3)n2)CC1. The lowest BCUT2D eigenvalue weighted by Gasteiger charge is -2.10. The normalized spacial score (nSPS) is 17.3. The molecular formula is C12H12N2OS. The van der Waals surface area contributed by atoms with Gasteiger partial charge in [0.2, 0.25) is 0 Å². The average Bonchev–Trinajstić information content (AvgIpc) is 2.95. The number of rotatable bonds is 3. The number of hydrogen-bond donors (Lipinski definition) is 1. The van der Waals surface area contributed by atoms with Gasteiger partial charge in [0.25, 0.3) is 0 Å². The van der Waals surface area contributed by atoms with Crippen molar-refractivity contribution in [3.05, 3.63) is 35.6 Å². The summed E-state index contributed by atoms with van der Waals surface area (Å²) in [5, 5.41) is 11.4. The minimum absolute atomic E-state index is 0.146. The molecule has 1 N–H and O–H groups in total. The van der Waals surface area contributed by atoms with Crippen molar-refractivity contribution < 1.29 is 5.11 Å². The molecule has 1 aliphatic carbocycles. The predicted molar refractivity (Wildman–Crippen MR) is 63.3 cm³/mol. The Morgan fingerprint density at radius 1 is 1.38 bits per heavy atom. The van der Waals surface area contributed by atoms with E-state index in [1.54, 1.807) is 17.5 Å². The van der Waals surface area contributed by atoms with Gasteiger partial charge >= 0.3 is 0 Å². The molecule has 0 aliphatic heterocycles. The van der Waals surface area contributed by atoms with Crippen LogP contribution in [0, 0.1) is 0 Å². The van der Waals surface area contributed by atoms with Gasteiger partial charge in [-0.15, -0.1) is 11.3 Å². The van der Waals surface area contributed by atoms with Crippen molar-refractivity contribution in [2.75, 3.05) is 6.61 Å². The topological polar surface area (TPSA) is 46.0 Å². The van der Waals surface area contributed by atoms with Gasteiger partial charge in [0.15, 0.2) is 0 Å². The number of aromatic nitrogens is 2. The van der Waals surface area contributed by atoms with Crippen LogP contribution in [0.15, 0.2) is 29.8 Å². The van der Waals surface area contributed by atoms with Crippen LogP contribution in [0.4, 0.5) is 0 Å². The Labute approximate surface area is 97.8 Å². The van der Waals surface area contributed by atoms with Crippen molar-refractivity contribution in [1.82, 2.24) is 9.97 Å². The highest BCUT2D eigenvalue weighted by atomic mass is 32.1. The maximum atomic E-state index is 9.35. The second-order valence-corrected chi connectivity index (χ2v) is 5.13. The monoisotopic (exact) mass is 232 g/mol. The molecule has 2 aromatic heterocycles. The zero-order valence-electron chi connectivity index (χ0n) is 8.76. The summed E-state index contributed by atoms with van der Waals surface area (Å²) in [4.78, 5) is 10.00. The third-order valence-corrected chi connectivity index (χ3v) is 3.95. The van der Waals surface area contributed by atoms with Crippen LogP contribution in [0.5, 0.6) is 0 Å². The summed E-state index contributed by atoms with van der Waals surface area (Å²) < 4.78 is 0. The number of nitrogens with zero attached hydrogens (tertiary/aromatic N) is 2. The minimum atomic E-state index is -0.146. The molecule has 1 saturated carbocycles. The fourth-order valence-corrected chi connectivity index (χ4v) is 2.47. The molecule has 0 saturated heterocycles. The number of aliphatic hydroxyl groups excluding tert-OH is 1. The number of hydrogen-bond acceptors (Lipinski definition) is 4. The summed E-state index contributed by atoms with van der Waals surface area (Å²) in [6, 6.07) is 5.98. The van der Waals surface area contributed by atoms with E-state index in [0.717, 1.165) is 29.2 Å². The third kappa shape index (κ3) is 1.54. The molecule has 0 spiro atoms. The Morgan fingerprint density at radius 3 is 2.88 bits per heavy atom. The molecule has 2 heterocycles. The predicted octanol–water partition coefficient (Wildman–Crippen LogP) is 2.23. The average molecular weight is 232 g/mol. The van der Waals surface area contributed by atoms with E-state index in [0.29, 0.717) is 0 Å². The Hall–Kier alpha value is -1.26. The zero-order chi connectivity index (χ0) is 11.0. The van der Waals surface area contributed by atoms with E-state index in [9.17, 15) is 5.11 Å². The van der Waals surface area contributed by atoms with Crippen molar-refractivity contribution >= 4 is 11.3 Å². The van der Waals surface area contributed by atoms with Crippen molar-refractivity contribution in [3.8, 4) is 10.6 Å². The van der Waals surface area contributed by atoms with Crippen molar-refractivity contribution in [2.45, 2.75) is 18.3 Å². The largest absolute Gasteiger partial charge is 0.395 e. The van der Waals surface area contributed by atoms with E-state index in [4.69, 9.17) is 0 Å². The molecule has 0 aromatic carbocycles. The third-order valence-electron chi connectivity index (χ3n) is 3.06. The van der Waals surface area contributed by atoms with Crippen LogP contribution in [-0.2, 0) is 5.41 Å². The van der Waals surface area contributed by atoms with Gasteiger partial charge in [-0.05, 0) is 30.4 Å². The summed E-state index contributed by atoms with van der Waals surface area (Å²) >= 11 is 1.67. The van der Waals surface area contributed by atoms with Crippen molar-refractivity contribution in [2.24, 2.45) is 0 Å². The first-order chi connectivity index (χ1) is 7.84. The Bertz CT molecular complexity index is 491. The molecule has 0 unspecified atom stereocenters. The molecule has 4 heteroatoms. The first-order valence-electron chi connectivity index (χ1n) is 5.32. The Balaban J connectivity index is 2.01. The molecule has 3 nitrogen and oxygen atoms in total. The van der Waals surface area contributed by atoms with Gasteiger partial charge < -0.3 is 5.11 Å². The summed E-state index contributed by atoms with van der Waals surface area (Å²) in [6.45, 7) is 0.154. The first kappa shape index (κ1) is 9.93. The fraction of sp³-hybridized carbons (Fsp3) is 0.333. The minimum Gasteiger partial charge on any atom is -0.395 e. The van der Waals surface area contributed by atoms with Crippen molar-refractivity contribution in [1.29, 1.82) is 0 Å². The summed E-state index contributed by atoms with van der Waals surface area (Å²) in [6.07, 6.45) is 3.78. The second kappa shape index (κ2) is 3.64. The van der Waals surface area contributed by atoms with E-state index >= 15 is 0 Å². The van der Waals surface area contributed by atoms with Gasteiger partial charge in [-0.1, -0.05) is 6.07 Å². The van der Waals surface area contributed by atoms with Gasteiger partial charge in [0, 0.05) is 6.20 Å². The highest BCUT2D eigenvalue weighted by molar-refractivity contribution is 7.13. The molecule has 82 valence electrons. The molecule has 0 radical (unpaired) electrons. The van der Waals surface area contributed by atoms with Crippen LogP contribution in [0.1, 0.15) is 18.7 Å². The van der Waals surface area contributed by atoms with Crippen molar-refractivity contribution in [3.63, 3.8) is 0 Å². The van der Waals surface area contributed by atoms with Gasteiger partial charge in [0.1, 0.15) is 5.82 Å². The summed E-state index contributed by atoms with van der Waals surface area (Å²) in [5.41, 5.74) is 0.813. The lowest BCUT2D eigenvalue weighted by molar-refractivity contribution is 0.250. The van der Waals surface area contributed by atoms with Crippen LogP contribution >= 0.6 is 11.3 Å². The lowest BCUT2D eigenvalue weighted by Crippen LogP contribution is -2.16. The van der Waals surface area contributed by atoms with Gasteiger partial charge in [-0.3, -0.25) is 0 Å². The van der Waals surface area contributed by atoms with E-state index in [-0.39, 0.29) is 12.0 Å². The zero-order valence-corrected chi connectivity index (χ0v) is 9.57. The molecule has 2 aromatic rings. The molecule has 0 amide bonds. The van der Waals surface area contributed by atoms with E-state index < -0.39 is 0 Å². The molecule has 1 aliphatic rings. The van der Waals surface area contributed by atoms with Gasteiger partial charge in [-0.25, -0.2) is 9.97 Å². The molecule has 3 rings (SSSR count). The van der Waals surface area contributed by atoms with E-state index in [2.05, 4.69) is 16.0 Å². The molecular weight excluding hydrogens is 220 g/mol. The van der Waals surface area contributed by atoms with Crippen LogP contribution in [-0.4, -0.2) is 21.7 Å². The molecule has 16 heavy (non-hydrogen) atoms. The Morgan fingerprint density at radius 2 is 2.25 bits per heavy atom. The number of thiophene rings is 1. The summed E-state index contributed by atoms with van der Waals surface area (Å²) in [5.74, 6) is 0.792. The van der Waals surface area contributed by atoms with E-state index in [1.165, 1.54) is 0 Å². The van der Waals surface area contributed by atoms with Crippen LogP contribution in [0.25, 0.3) is 10.6 Å². The van der Waals surface area contributed by atoms with Crippen LogP contribution in [0.3, 0.4) is 0 Å². The van der Waals surface area contributed by atoms with Crippen LogP contribution in [0.2, 0.25) is 0 Å². The quantitative estimate of drug-likeness (QED) is 0.882. The van der Waals surface area contributed by atoms with E-state index in [1.807, 2.05) is 17.5 Å². The molecule has 0 atom stereocenters. The smallest absolute Gasteiger partial charge is 0.137 e. The molecule has 1 fully saturated rings. The fourth-order valence-electron chi connectivity index (χ4n) is 1.78. The van der Waals surface area contributed by atoms with Gasteiger partial charge in [0.05, 0.1) is 22.6 Å². The van der Waals surface area contributed by atoms with Gasteiger partial charge in [-0.2, -0.15) is 0 Å². The molecule has 0 bridgehead atoms. The standard InChI is InChI=1S/C12H12N2OS/c15-8-12(4-5-12)11-13-6-3-9(14-11)10-2-1-7-16-10/h1-3,6-7,15H,4-5,8H2. The highest BCUT2D eigenvalue weighted by Gasteiger charge is 2.46. The lowest BCUT2D eigenvalue weighted by atomic mass is 10.1. The second-order valence-electron chi connectivity index (χ2n) is 4.18. The van der Waals surface area contributed by atoms with Crippen LogP contribution < -0.4 is 0 Å². The number of aliphatic hydroxyl groups is 1. The first-order valence-corrected chi connectivity index (χ1v) is 6.20.